The van der Waals surface area contributed by atoms with Crippen LogP contribution in [0.3, 0.4) is 0 Å². The van der Waals surface area contributed by atoms with E-state index < -0.39 is 0 Å². The second-order valence-corrected chi connectivity index (χ2v) is 5.68. The molecule has 0 aliphatic heterocycles. The molecule has 2 atom stereocenters. The molecule has 0 saturated heterocycles. The van der Waals surface area contributed by atoms with Gasteiger partial charge in [0.2, 0.25) is 5.91 Å². The first-order valence-electron chi connectivity index (χ1n) is 6.54. The van der Waals surface area contributed by atoms with Crippen LogP contribution in [0, 0.1) is 5.92 Å². The maximum atomic E-state index is 12.0. The molecule has 1 aromatic heterocycles. The van der Waals surface area contributed by atoms with Crippen LogP contribution in [-0.2, 0) is 4.79 Å². The summed E-state index contributed by atoms with van der Waals surface area (Å²) in [4.78, 5) is 27.3. The number of nitrogens with two attached hydrogens (primary N) is 1. The molecule has 108 valence electrons. The fourth-order valence-electron chi connectivity index (χ4n) is 2.46. The molecule has 1 heterocycles. The SMILES string of the molecule is NC(=O)[C@@H]1CCCC[C@H]1NC(=O)Nc1ccnc(Br)c1. The summed E-state index contributed by atoms with van der Waals surface area (Å²) < 4.78 is 0.642. The van der Waals surface area contributed by atoms with Crippen molar-refractivity contribution in [2.45, 2.75) is 31.7 Å². The average Bonchev–Trinajstić information content (AvgIpc) is 2.38. The molecule has 20 heavy (non-hydrogen) atoms. The van der Waals surface area contributed by atoms with Gasteiger partial charge in [0.05, 0.1) is 5.92 Å². The van der Waals surface area contributed by atoms with Crippen molar-refractivity contribution in [3.05, 3.63) is 22.9 Å². The summed E-state index contributed by atoms with van der Waals surface area (Å²) in [5, 5.41) is 5.55. The van der Waals surface area contributed by atoms with Crippen molar-refractivity contribution in [3.63, 3.8) is 0 Å². The number of pyridine rings is 1. The molecule has 0 aromatic carbocycles. The van der Waals surface area contributed by atoms with Gasteiger partial charge in [-0.1, -0.05) is 12.8 Å². The summed E-state index contributed by atoms with van der Waals surface area (Å²) in [6.07, 6.45) is 5.08. The van der Waals surface area contributed by atoms with Gasteiger partial charge in [-0.15, -0.1) is 0 Å². The Bertz CT molecular complexity index is 509. The van der Waals surface area contributed by atoms with Crippen molar-refractivity contribution in [1.29, 1.82) is 0 Å². The van der Waals surface area contributed by atoms with Crippen LogP contribution in [0.5, 0.6) is 0 Å². The first-order chi connectivity index (χ1) is 9.56. The van der Waals surface area contributed by atoms with Gasteiger partial charge in [0.15, 0.2) is 0 Å². The molecule has 0 bridgehead atoms. The van der Waals surface area contributed by atoms with E-state index >= 15 is 0 Å². The van der Waals surface area contributed by atoms with Gasteiger partial charge in [-0.25, -0.2) is 9.78 Å². The van der Waals surface area contributed by atoms with E-state index in [1.807, 2.05) is 0 Å². The predicted molar refractivity (Wildman–Crippen MR) is 79.0 cm³/mol. The van der Waals surface area contributed by atoms with E-state index in [1.165, 1.54) is 0 Å². The Morgan fingerprint density at radius 1 is 1.35 bits per heavy atom. The highest BCUT2D eigenvalue weighted by molar-refractivity contribution is 9.10. The van der Waals surface area contributed by atoms with Crippen molar-refractivity contribution >= 4 is 33.6 Å². The summed E-state index contributed by atoms with van der Waals surface area (Å²) in [5.41, 5.74) is 6.02. The van der Waals surface area contributed by atoms with Crippen LogP contribution in [0.1, 0.15) is 25.7 Å². The average molecular weight is 341 g/mol. The van der Waals surface area contributed by atoms with Crippen LogP contribution in [0.2, 0.25) is 0 Å². The summed E-state index contributed by atoms with van der Waals surface area (Å²) in [5.74, 6) is -0.625. The van der Waals surface area contributed by atoms with E-state index in [2.05, 4.69) is 31.5 Å². The number of anilines is 1. The molecule has 1 fully saturated rings. The lowest BCUT2D eigenvalue weighted by molar-refractivity contribution is -0.123. The molecule has 1 aliphatic rings. The van der Waals surface area contributed by atoms with Crippen molar-refractivity contribution in [1.82, 2.24) is 10.3 Å². The number of hydrogen-bond donors (Lipinski definition) is 3. The lowest BCUT2D eigenvalue weighted by Crippen LogP contribution is -2.48. The zero-order chi connectivity index (χ0) is 14.5. The molecule has 0 spiro atoms. The number of aromatic nitrogens is 1. The van der Waals surface area contributed by atoms with Gasteiger partial charge in [-0.3, -0.25) is 4.79 Å². The third-order valence-corrected chi connectivity index (χ3v) is 3.87. The van der Waals surface area contributed by atoms with Gasteiger partial charge < -0.3 is 16.4 Å². The second kappa shape index (κ2) is 6.69. The molecule has 6 nitrogen and oxygen atoms in total. The molecule has 1 saturated carbocycles. The monoisotopic (exact) mass is 340 g/mol. The minimum Gasteiger partial charge on any atom is -0.369 e. The minimum atomic E-state index is -0.346. The number of carbonyl (C=O) groups is 2. The fourth-order valence-corrected chi connectivity index (χ4v) is 2.82. The van der Waals surface area contributed by atoms with Crippen molar-refractivity contribution in [2.24, 2.45) is 11.7 Å². The van der Waals surface area contributed by atoms with E-state index in [1.54, 1.807) is 18.3 Å². The van der Waals surface area contributed by atoms with E-state index in [0.717, 1.165) is 25.7 Å². The molecule has 2 rings (SSSR count). The van der Waals surface area contributed by atoms with Crippen LogP contribution < -0.4 is 16.4 Å². The Labute approximate surface area is 125 Å². The quantitative estimate of drug-likeness (QED) is 0.734. The second-order valence-electron chi connectivity index (χ2n) is 4.87. The van der Waals surface area contributed by atoms with Crippen LogP contribution in [0.15, 0.2) is 22.9 Å². The van der Waals surface area contributed by atoms with E-state index in [9.17, 15) is 9.59 Å². The smallest absolute Gasteiger partial charge is 0.319 e. The van der Waals surface area contributed by atoms with Crippen LogP contribution in [-0.4, -0.2) is 23.0 Å². The highest BCUT2D eigenvalue weighted by Gasteiger charge is 2.30. The number of amides is 3. The van der Waals surface area contributed by atoms with E-state index in [0.29, 0.717) is 10.3 Å². The summed E-state index contributed by atoms with van der Waals surface area (Å²) >= 11 is 3.24. The molecular formula is C13H17BrN4O2. The molecular weight excluding hydrogens is 324 g/mol. The minimum absolute atomic E-state index is 0.188. The Hall–Kier alpha value is -1.63. The summed E-state index contributed by atoms with van der Waals surface area (Å²) in [6.45, 7) is 0. The number of rotatable bonds is 3. The van der Waals surface area contributed by atoms with Gasteiger partial charge in [-0.2, -0.15) is 0 Å². The van der Waals surface area contributed by atoms with E-state index in [4.69, 9.17) is 5.73 Å². The van der Waals surface area contributed by atoms with Crippen molar-refractivity contribution in [3.8, 4) is 0 Å². The topological polar surface area (TPSA) is 97.1 Å². The van der Waals surface area contributed by atoms with Gasteiger partial charge in [-0.05, 0) is 40.9 Å². The summed E-state index contributed by atoms with van der Waals surface area (Å²) in [6, 6.07) is 2.87. The lowest BCUT2D eigenvalue weighted by Gasteiger charge is -2.29. The number of primary amides is 1. The van der Waals surface area contributed by atoms with Gasteiger partial charge in [0.1, 0.15) is 4.60 Å². The first kappa shape index (κ1) is 14.8. The molecule has 0 unspecified atom stereocenters. The lowest BCUT2D eigenvalue weighted by atomic mass is 9.84. The fraction of sp³-hybridized carbons (Fsp3) is 0.462. The molecule has 7 heteroatoms. The third-order valence-electron chi connectivity index (χ3n) is 3.43. The summed E-state index contributed by atoms with van der Waals surface area (Å²) in [7, 11) is 0. The molecule has 4 N–H and O–H groups in total. The van der Waals surface area contributed by atoms with Crippen molar-refractivity contribution < 1.29 is 9.59 Å². The maximum Gasteiger partial charge on any atom is 0.319 e. The number of carbonyl (C=O) groups excluding carboxylic acids is 2. The molecule has 1 aliphatic carbocycles. The normalized spacial score (nSPS) is 22.1. The zero-order valence-corrected chi connectivity index (χ0v) is 12.5. The van der Waals surface area contributed by atoms with Crippen LogP contribution >= 0.6 is 15.9 Å². The standard InChI is InChI=1S/C13H17BrN4O2/c14-11-7-8(5-6-16-11)17-13(20)18-10-4-2-1-3-9(10)12(15)19/h5-7,9-10H,1-4H2,(H2,15,19)(H2,16,17,18,20)/t9-,10-/m1/s1. The number of nitrogens with zero attached hydrogens (tertiary/aromatic N) is 1. The van der Waals surface area contributed by atoms with Gasteiger partial charge in [0, 0.05) is 17.9 Å². The number of nitrogens with one attached hydrogen (secondary N) is 2. The Kier molecular flexibility index (Phi) is 4.94. The maximum absolute atomic E-state index is 12.0. The number of urea groups is 1. The Morgan fingerprint density at radius 3 is 2.80 bits per heavy atom. The zero-order valence-electron chi connectivity index (χ0n) is 10.9. The number of hydrogen-bond acceptors (Lipinski definition) is 3. The van der Waals surface area contributed by atoms with Crippen LogP contribution in [0.4, 0.5) is 10.5 Å². The highest BCUT2D eigenvalue weighted by Crippen LogP contribution is 2.24. The van der Waals surface area contributed by atoms with Gasteiger partial charge >= 0.3 is 6.03 Å². The predicted octanol–water partition coefficient (Wildman–Crippen LogP) is 2.01. The van der Waals surface area contributed by atoms with Gasteiger partial charge in [0.25, 0.3) is 0 Å². The first-order valence-corrected chi connectivity index (χ1v) is 7.34. The molecule has 0 radical (unpaired) electrons. The van der Waals surface area contributed by atoms with Crippen LogP contribution in [0.25, 0.3) is 0 Å². The number of halogens is 1. The molecule has 3 amide bonds. The highest BCUT2D eigenvalue weighted by atomic mass is 79.9. The van der Waals surface area contributed by atoms with E-state index in [-0.39, 0.29) is 23.9 Å². The molecule has 1 aromatic rings. The largest absolute Gasteiger partial charge is 0.369 e. The Balaban J connectivity index is 1.94. The van der Waals surface area contributed by atoms with Crippen molar-refractivity contribution in [2.75, 3.05) is 5.32 Å². The Morgan fingerprint density at radius 2 is 2.10 bits per heavy atom. The third kappa shape index (κ3) is 3.93.